The molecule has 1 spiro atoms. The minimum Gasteiger partial charge on any atom is -0.493 e. The van der Waals surface area contributed by atoms with Gasteiger partial charge in [-0.05, 0) is 82.5 Å². The van der Waals surface area contributed by atoms with Gasteiger partial charge in [0.05, 0.1) is 18.6 Å². The summed E-state index contributed by atoms with van der Waals surface area (Å²) in [6.07, 6.45) is 10.9. The van der Waals surface area contributed by atoms with Gasteiger partial charge in [-0.15, -0.1) is 0 Å². The topological polar surface area (TPSA) is 45.2 Å². The molecule has 1 saturated heterocycles. The molecule has 0 amide bonds. The number of ether oxygens (including phenoxy) is 2. The standard InChI is InChI=1S/C25H36N2O3/c1-18-15-21(29-2)24-23-20(18)17-27(13-6-12-26-10-4-3-5-11-26)14-9-25(23)8-7-19(28)16-22(25)30-24/h7-8,15,19,22,28H,3-6,9-14,16-17H2,1-2H3/t19-,22+,25+/m1/s1. The SMILES string of the molecule is COc1cc(C)c2c3c1O[C@H]1C[C@H](O)C=C[C@@]31CCN(CCCN1CCCCC1)C2. The van der Waals surface area contributed by atoms with E-state index >= 15 is 0 Å². The quantitative estimate of drug-likeness (QED) is 0.751. The smallest absolute Gasteiger partial charge is 0.166 e. The second-order valence-electron chi connectivity index (χ2n) is 9.67. The summed E-state index contributed by atoms with van der Waals surface area (Å²) in [5.41, 5.74) is 3.89. The van der Waals surface area contributed by atoms with Gasteiger partial charge in [0.2, 0.25) is 0 Å². The van der Waals surface area contributed by atoms with E-state index in [1.807, 2.05) is 6.08 Å². The normalized spacial score (nSPS) is 31.0. The highest BCUT2D eigenvalue weighted by atomic mass is 16.5. The first-order valence-corrected chi connectivity index (χ1v) is 11.8. The van der Waals surface area contributed by atoms with E-state index in [1.54, 1.807) is 7.11 Å². The summed E-state index contributed by atoms with van der Waals surface area (Å²) in [4.78, 5) is 5.28. The molecule has 1 aromatic carbocycles. The molecule has 1 aromatic rings. The number of hydrogen-bond donors (Lipinski definition) is 1. The Balaban J connectivity index is 1.41. The van der Waals surface area contributed by atoms with Gasteiger partial charge in [0, 0.05) is 18.5 Å². The van der Waals surface area contributed by atoms with Crippen molar-refractivity contribution >= 4 is 0 Å². The molecule has 5 heteroatoms. The number of hydrogen-bond acceptors (Lipinski definition) is 5. The fraction of sp³-hybridized carbons (Fsp3) is 0.680. The van der Waals surface area contributed by atoms with E-state index in [2.05, 4.69) is 28.9 Å². The Hall–Kier alpha value is -1.56. The van der Waals surface area contributed by atoms with Crippen LogP contribution >= 0.6 is 0 Å². The van der Waals surface area contributed by atoms with Gasteiger partial charge in [-0.3, -0.25) is 4.90 Å². The van der Waals surface area contributed by atoms with E-state index < -0.39 is 6.10 Å². The lowest BCUT2D eigenvalue weighted by molar-refractivity contribution is 0.0807. The van der Waals surface area contributed by atoms with Crippen molar-refractivity contribution in [2.75, 3.05) is 39.8 Å². The number of piperidine rings is 1. The zero-order chi connectivity index (χ0) is 20.7. The lowest BCUT2D eigenvalue weighted by Crippen LogP contribution is -2.43. The highest BCUT2D eigenvalue weighted by Crippen LogP contribution is 2.56. The van der Waals surface area contributed by atoms with Crippen molar-refractivity contribution in [3.8, 4) is 11.5 Å². The molecule has 1 fully saturated rings. The predicted octanol–water partition coefficient (Wildman–Crippen LogP) is 3.40. The summed E-state index contributed by atoms with van der Waals surface area (Å²) < 4.78 is 12.2. The van der Waals surface area contributed by atoms with Crippen LogP contribution in [0.5, 0.6) is 11.5 Å². The number of methoxy groups -OCH3 is 1. The number of aliphatic hydroxyl groups is 1. The number of rotatable bonds is 5. The molecule has 1 aliphatic carbocycles. The summed E-state index contributed by atoms with van der Waals surface area (Å²) in [5, 5.41) is 10.3. The average molecular weight is 413 g/mol. The first-order valence-electron chi connectivity index (χ1n) is 11.8. The van der Waals surface area contributed by atoms with Gasteiger partial charge in [-0.25, -0.2) is 0 Å². The Labute approximate surface area is 180 Å². The molecule has 0 aromatic heterocycles. The summed E-state index contributed by atoms with van der Waals surface area (Å²) in [7, 11) is 1.73. The van der Waals surface area contributed by atoms with Gasteiger partial charge in [0.25, 0.3) is 0 Å². The molecule has 164 valence electrons. The lowest BCUT2D eigenvalue weighted by Gasteiger charge is -2.36. The molecule has 0 radical (unpaired) electrons. The van der Waals surface area contributed by atoms with E-state index in [0.29, 0.717) is 6.42 Å². The summed E-state index contributed by atoms with van der Waals surface area (Å²) in [6, 6.07) is 2.14. The third kappa shape index (κ3) is 3.45. The zero-order valence-electron chi connectivity index (χ0n) is 18.5. The third-order valence-corrected chi connectivity index (χ3v) is 7.79. The first kappa shape index (κ1) is 20.3. The van der Waals surface area contributed by atoms with Crippen LogP contribution in [0.4, 0.5) is 0 Å². The van der Waals surface area contributed by atoms with Crippen LogP contribution in [-0.2, 0) is 12.0 Å². The van der Waals surface area contributed by atoms with Crippen molar-refractivity contribution in [2.45, 2.75) is 69.6 Å². The van der Waals surface area contributed by atoms with Gasteiger partial charge < -0.3 is 19.5 Å². The Morgan fingerprint density at radius 1 is 1.17 bits per heavy atom. The number of likely N-dealkylation sites (tertiary alicyclic amines) is 1. The second kappa shape index (κ2) is 8.18. The first-order chi connectivity index (χ1) is 14.6. The molecule has 0 bridgehead atoms. The Morgan fingerprint density at radius 2 is 1.97 bits per heavy atom. The third-order valence-electron chi connectivity index (χ3n) is 7.79. The average Bonchev–Trinajstić information content (AvgIpc) is 2.98. The summed E-state index contributed by atoms with van der Waals surface area (Å²) >= 11 is 0. The number of nitrogens with zero attached hydrogens (tertiary/aromatic N) is 2. The van der Waals surface area contributed by atoms with Crippen LogP contribution in [0.15, 0.2) is 18.2 Å². The lowest BCUT2D eigenvalue weighted by atomic mass is 9.68. The highest BCUT2D eigenvalue weighted by Gasteiger charge is 2.53. The van der Waals surface area contributed by atoms with E-state index in [9.17, 15) is 5.11 Å². The fourth-order valence-corrected chi connectivity index (χ4v) is 6.12. The van der Waals surface area contributed by atoms with Gasteiger partial charge >= 0.3 is 0 Å². The molecule has 1 N–H and O–H groups in total. The molecule has 3 atom stereocenters. The van der Waals surface area contributed by atoms with Gasteiger partial charge in [0.1, 0.15) is 6.10 Å². The minimum atomic E-state index is -0.422. The van der Waals surface area contributed by atoms with Crippen molar-refractivity contribution < 1.29 is 14.6 Å². The van der Waals surface area contributed by atoms with Crippen LogP contribution in [0.2, 0.25) is 0 Å². The molecule has 0 saturated carbocycles. The molecule has 3 heterocycles. The van der Waals surface area contributed by atoms with Crippen LogP contribution in [-0.4, -0.2) is 66.9 Å². The number of aliphatic hydroxyl groups excluding tert-OH is 1. The highest BCUT2D eigenvalue weighted by molar-refractivity contribution is 5.63. The van der Waals surface area contributed by atoms with Crippen molar-refractivity contribution in [1.82, 2.24) is 9.80 Å². The minimum absolute atomic E-state index is 0.00440. The maximum absolute atomic E-state index is 10.3. The van der Waals surface area contributed by atoms with Crippen LogP contribution in [0.1, 0.15) is 55.2 Å². The molecule has 5 nitrogen and oxygen atoms in total. The molecule has 30 heavy (non-hydrogen) atoms. The number of benzene rings is 1. The summed E-state index contributed by atoms with van der Waals surface area (Å²) in [5.74, 6) is 1.75. The van der Waals surface area contributed by atoms with E-state index in [4.69, 9.17) is 9.47 Å². The van der Waals surface area contributed by atoms with Gasteiger partial charge in [-0.2, -0.15) is 0 Å². The molecular weight excluding hydrogens is 376 g/mol. The Morgan fingerprint density at radius 3 is 2.77 bits per heavy atom. The Bertz CT molecular complexity index is 817. The largest absolute Gasteiger partial charge is 0.493 e. The van der Waals surface area contributed by atoms with Crippen LogP contribution in [0.3, 0.4) is 0 Å². The predicted molar refractivity (Wildman–Crippen MR) is 118 cm³/mol. The van der Waals surface area contributed by atoms with Crippen molar-refractivity contribution in [3.05, 3.63) is 34.9 Å². The summed E-state index contributed by atoms with van der Waals surface area (Å²) in [6.45, 7) is 9.17. The van der Waals surface area contributed by atoms with Gasteiger partial charge in [-0.1, -0.05) is 18.6 Å². The van der Waals surface area contributed by atoms with Crippen molar-refractivity contribution in [3.63, 3.8) is 0 Å². The maximum Gasteiger partial charge on any atom is 0.166 e. The molecule has 4 aliphatic rings. The van der Waals surface area contributed by atoms with Crippen LogP contribution < -0.4 is 9.47 Å². The molecule has 3 aliphatic heterocycles. The monoisotopic (exact) mass is 412 g/mol. The molecule has 0 unspecified atom stereocenters. The number of aryl methyl sites for hydroxylation is 1. The van der Waals surface area contributed by atoms with Crippen LogP contribution in [0.25, 0.3) is 0 Å². The second-order valence-corrected chi connectivity index (χ2v) is 9.67. The van der Waals surface area contributed by atoms with Crippen molar-refractivity contribution in [2.24, 2.45) is 0 Å². The zero-order valence-corrected chi connectivity index (χ0v) is 18.5. The Kier molecular flexibility index (Phi) is 5.55. The van der Waals surface area contributed by atoms with Crippen molar-refractivity contribution in [1.29, 1.82) is 0 Å². The molecule has 5 rings (SSSR count). The van der Waals surface area contributed by atoms with E-state index in [-0.39, 0.29) is 11.5 Å². The molecular formula is C25H36N2O3. The maximum atomic E-state index is 10.3. The van der Waals surface area contributed by atoms with Crippen LogP contribution in [0, 0.1) is 6.92 Å². The van der Waals surface area contributed by atoms with E-state index in [1.165, 1.54) is 62.0 Å². The fourth-order valence-electron chi connectivity index (χ4n) is 6.12. The van der Waals surface area contributed by atoms with E-state index in [0.717, 1.165) is 37.6 Å². The van der Waals surface area contributed by atoms with Gasteiger partial charge in [0.15, 0.2) is 11.5 Å².